The molecule has 0 saturated heterocycles. The summed E-state index contributed by atoms with van der Waals surface area (Å²) in [5.74, 6) is 0. The molecule has 4 rings (SSSR count). The van der Waals surface area contributed by atoms with E-state index in [9.17, 15) is 4.79 Å². The second-order valence-electron chi connectivity index (χ2n) is 4.98. The summed E-state index contributed by atoms with van der Waals surface area (Å²) in [7, 11) is 0. The second-order valence-corrected chi connectivity index (χ2v) is 4.98. The summed E-state index contributed by atoms with van der Waals surface area (Å²) in [6, 6.07) is 13.4. The SMILES string of the molecule is O=c1[nH]c2ccncc2cc1-c1cnn(-c2ccccc2)c1. The van der Waals surface area contributed by atoms with Gasteiger partial charge < -0.3 is 4.98 Å². The number of benzene rings is 1. The van der Waals surface area contributed by atoms with Gasteiger partial charge in [0.05, 0.1) is 23.0 Å². The van der Waals surface area contributed by atoms with E-state index in [2.05, 4.69) is 15.1 Å². The van der Waals surface area contributed by atoms with Crippen molar-refractivity contribution in [3.63, 3.8) is 0 Å². The number of nitrogens with one attached hydrogen (secondary N) is 1. The number of pyridine rings is 2. The zero-order chi connectivity index (χ0) is 14.9. The second kappa shape index (κ2) is 4.96. The van der Waals surface area contributed by atoms with Crippen molar-refractivity contribution in [2.45, 2.75) is 0 Å². The van der Waals surface area contributed by atoms with Gasteiger partial charge in [0.25, 0.3) is 5.56 Å². The molecule has 106 valence electrons. The van der Waals surface area contributed by atoms with Crippen molar-refractivity contribution in [2.24, 2.45) is 0 Å². The number of aromatic nitrogens is 4. The number of fused-ring (bicyclic) bond motifs is 1. The number of rotatable bonds is 2. The average Bonchev–Trinajstić information content (AvgIpc) is 3.05. The molecule has 0 saturated carbocycles. The lowest BCUT2D eigenvalue weighted by Crippen LogP contribution is -2.08. The van der Waals surface area contributed by atoms with Crippen molar-refractivity contribution in [1.82, 2.24) is 19.7 Å². The molecule has 3 heterocycles. The lowest BCUT2D eigenvalue weighted by atomic mass is 10.1. The minimum atomic E-state index is -0.133. The third-order valence-electron chi connectivity index (χ3n) is 3.56. The Kier molecular flexibility index (Phi) is 2.83. The summed E-state index contributed by atoms with van der Waals surface area (Å²) in [4.78, 5) is 19.2. The van der Waals surface area contributed by atoms with Gasteiger partial charge in [-0.3, -0.25) is 9.78 Å². The zero-order valence-corrected chi connectivity index (χ0v) is 11.6. The minimum absolute atomic E-state index is 0.133. The highest BCUT2D eigenvalue weighted by Gasteiger charge is 2.08. The fourth-order valence-corrected chi connectivity index (χ4v) is 2.44. The molecule has 0 aliphatic rings. The van der Waals surface area contributed by atoms with Crippen LogP contribution in [-0.2, 0) is 0 Å². The summed E-state index contributed by atoms with van der Waals surface area (Å²) in [6.07, 6.45) is 6.93. The molecule has 3 aromatic heterocycles. The molecular weight excluding hydrogens is 276 g/mol. The maximum atomic E-state index is 12.3. The highest BCUT2D eigenvalue weighted by molar-refractivity contribution is 5.82. The van der Waals surface area contributed by atoms with Crippen molar-refractivity contribution in [2.75, 3.05) is 0 Å². The van der Waals surface area contributed by atoms with Gasteiger partial charge in [0, 0.05) is 29.5 Å². The van der Waals surface area contributed by atoms with Gasteiger partial charge in [-0.15, -0.1) is 0 Å². The van der Waals surface area contributed by atoms with E-state index in [1.165, 1.54) is 0 Å². The first-order chi connectivity index (χ1) is 10.8. The molecule has 0 amide bonds. The van der Waals surface area contributed by atoms with Crippen molar-refractivity contribution in [1.29, 1.82) is 0 Å². The van der Waals surface area contributed by atoms with Crippen LogP contribution in [0.4, 0.5) is 0 Å². The molecule has 4 aromatic rings. The van der Waals surface area contributed by atoms with Crippen LogP contribution in [0.15, 0.2) is 72.0 Å². The van der Waals surface area contributed by atoms with E-state index >= 15 is 0 Å². The molecule has 0 bridgehead atoms. The lowest BCUT2D eigenvalue weighted by molar-refractivity contribution is 0.881. The van der Waals surface area contributed by atoms with Gasteiger partial charge >= 0.3 is 0 Å². The molecular formula is C17H12N4O. The Labute approximate surface area is 125 Å². The van der Waals surface area contributed by atoms with Crippen LogP contribution < -0.4 is 5.56 Å². The summed E-state index contributed by atoms with van der Waals surface area (Å²) in [5.41, 5.74) is 2.96. The van der Waals surface area contributed by atoms with E-state index < -0.39 is 0 Å². The van der Waals surface area contributed by atoms with Gasteiger partial charge in [-0.05, 0) is 24.3 Å². The van der Waals surface area contributed by atoms with E-state index in [-0.39, 0.29) is 5.56 Å². The Balaban J connectivity index is 1.84. The molecule has 0 radical (unpaired) electrons. The number of nitrogens with zero attached hydrogens (tertiary/aromatic N) is 3. The predicted molar refractivity (Wildman–Crippen MR) is 84.9 cm³/mol. The first-order valence-corrected chi connectivity index (χ1v) is 6.89. The van der Waals surface area contributed by atoms with E-state index in [4.69, 9.17) is 0 Å². The molecule has 0 aliphatic heterocycles. The number of hydrogen-bond acceptors (Lipinski definition) is 3. The normalized spacial score (nSPS) is 10.9. The molecule has 0 spiro atoms. The predicted octanol–water partition coefficient (Wildman–Crippen LogP) is 2.78. The first-order valence-electron chi connectivity index (χ1n) is 6.89. The maximum Gasteiger partial charge on any atom is 0.256 e. The molecule has 5 nitrogen and oxygen atoms in total. The van der Waals surface area contributed by atoms with Crippen molar-refractivity contribution >= 4 is 10.9 Å². The summed E-state index contributed by atoms with van der Waals surface area (Å²) < 4.78 is 1.75. The van der Waals surface area contributed by atoms with Gasteiger partial charge in [0.1, 0.15) is 0 Å². The van der Waals surface area contributed by atoms with Crippen LogP contribution in [0.3, 0.4) is 0 Å². The molecule has 1 aromatic carbocycles. The first kappa shape index (κ1) is 12.5. The van der Waals surface area contributed by atoms with Crippen LogP contribution in [-0.4, -0.2) is 19.7 Å². The largest absolute Gasteiger partial charge is 0.321 e. The van der Waals surface area contributed by atoms with Gasteiger partial charge in [-0.25, -0.2) is 4.68 Å². The zero-order valence-electron chi connectivity index (χ0n) is 11.6. The van der Waals surface area contributed by atoms with Crippen molar-refractivity contribution in [3.05, 3.63) is 77.6 Å². The Morgan fingerprint density at radius 3 is 2.77 bits per heavy atom. The molecule has 22 heavy (non-hydrogen) atoms. The van der Waals surface area contributed by atoms with Gasteiger partial charge in [0.15, 0.2) is 0 Å². The monoisotopic (exact) mass is 288 g/mol. The topological polar surface area (TPSA) is 63.6 Å². The van der Waals surface area contributed by atoms with Crippen LogP contribution in [0.1, 0.15) is 0 Å². The number of hydrogen-bond donors (Lipinski definition) is 1. The van der Waals surface area contributed by atoms with Crippen LogP contribution in [0, 0.1) is 0 Å². The highest BCUT2D eigenvalue weighted by Crippen LogP contribution is 2.19. The third-order valence-corrected chi connectivity index (χ3v) is 3.56. The third kappa shape index (κ3) is 2.09. The van der Waals surface area contributed by atoms with Gasteiger partial charge in [0.2, 0.25) is 0 Å². The van der Waals surface area contributed by atoms with Gasteiger partial charge in [-0.1, -0.05) is 18.2 Å². The number of H-pyrrole nitrogens is 1. The van der Waals surface area contributed by atoms with Crippen LogP contribution in [0.5, 0.6) is 0 Å². The standard InChI is InChI=1S/C17H12N4O/c22-17-15(8-12-9-18-7-6-16(12)20-17)13-10-19-21(11-13)14-4-2-1-3-5-14/h1-11H,(H,20,22). The van der Waals surface area contributed by atoms with E-state index in [1.807, 2.05) is 42.6 Å². The van der Waals surface area contributed by atoms with Crippen LogP contribution in [0.2, 0.25) is 0 Å². The van der Waals surface area contributed by atoms with E-state index in [1.54, 1.807) is 29.3 Å². The fourth-order valence-electron chi connectivity index (χ4n) is 2.44. The molecule has 0 aliphatic carbocycles. The highest BCUT2D eigenvalue weighted by atomic mass is 16.1. The molecule has 0 atom stereocenters. The van der Waals surface area contributed by atoms with Crippen LogP contribution in [0.25, 0.3) is 27.7 Å². The Morgan fingerprint density at radius 1 is 1.05 bits per heavy atom. The Hall–Kier alpha value is -3.21. The van der Waals surface area contributed by atoms with Gasteiger partial charge in [-0.2, -0.15) is 5.10 Å². The molecule has 1 N–H and O–H groups in total. The summed E-state index contributed by atoms with van der Waals surface area (Å²) in [6.45, 7) is 0. The average molecular weight is 288 g/mol. The Bertz CT molecular complexity index is 1000. The quantitative estimate of drug-likeness (QED) is 0.617. The number of para-hydroxylation sites is 1. The van der Waals surface area contributed by atoms with Crippen molar-refractivity contribution < 1.29 is 0 Å². The lowest BCUT2D eigenvalue weighted by Gasteiger charge is -2.01. The molecule has 0 unspecified atom stereocenters. The Morgan fingerprint density at radius 2 is 1.91 bits per heavy atom. The van der Waals surface area contributed by atoms with Crippen molar-refractivity contribution in [3.8, 4) is 16.8 Å². The molecule has 5 heteroatoms. The fraction of sp³-hybridized carbons (Fsp3) is 0. The summed E-state index contributed by atoms with van der Waals surface area (Å²) >= 11 is 0. The summed E-state index contributed by atoms with van der Waals surface area (Å²) in [5, 5.41) is 5.23. The molecule has 0 fully saturated rings. The minimum Gasteiger partial charge on any atom is -0.321 e. The van der Waals surface area contributed by atoms with E-state index in [0.29, 0.717) is 5.56 Å². The van der Waals surface area contributed by atoms with E-state index in [0.717, 1.165) is 22.2 Å². The smallest absolute Gasteiger partial charge is 0.256 e. The maximum absolute atomic E-state index is 12.3. The number of aromatic amines is 1. The van der Waals surface area contributed by atoms with Crippen LogP contribution >= 0.6 is 0 Å².